The molecule has 0 radical (unpaired) electrons. The molecule has 1 amide bonds. The Morgan fingerprint density at radius 1 is 1.22 bits per heavy atom. The molecule has 0 N–H and O–H groups in total. The molecular formula is C16H10ClIN2O3. The second-order valence-corrected chi connectivity index (χ2v) is 6.33. The van der Waals surface area contributed by atoms with Crippen LogP contribution in [0.1, 0.15) is 10.4 Å². The van der Waals surface area contributed by atoms with Crippen LogP contribution in [0.2, 0.25) is 5.02 Å². The lowest BCUT2D eigenvalue weighted by atomic mass is 10.2. The van der Waals surface area contributed by atoms with Crippen molar-refractivity contribution in [3.05, 3.63) is 67.0 Å². The number of halogens is 2. The van der Waals surface area contributed by atoms with E-state index in [1.165, 1.54) is 11.9 Å². The third-order valence-corrected chi connectivity index (χ3v) is 4.55. The van der Waals surface area contributed by atoms with Crippen LogP contribution in [0, 0.1) is 3.57 Å². The summed E-state index contributed by atoms with van der Waals surface area (Å²) in [6.45, 7) is 0. The van der Waals surface area contributed by atoms with Crippen molar-refractivity contribution in [1.82, 2.24) is 4.98 Å². The number of benzene rings is 2. The molecule has 0 saturated heterocycles. The second kappa shape index (κ2) is 6.29. The molecule has 0 bridgehead atoms. The molecule has 0 fully saturated rings. The summed E-state index contributed by atoms with van der Waals surface area (Å²) >= 11 is 8.07. The molecular weight excluding hydrogens is 431 g/mol. The molecule has 1 aromatic heterocycles. The van der Waals surface area contributed by atoms with E-state index in [0.29, 0.717) is 11.1 Å². The van der Waals surface area contributed by atoms with Crippen LogP contribution in [0.25, 0.3) is 10.9 Å². The lowest BCUT2D eigenvalue weighted by Crippen LogP contribution is -2.28. The van der Waals surface area contributed by atoms with Gasteiger partial charge in [-0.15, -0.1) is 0 Å². The molecule has 0 saturated carbocycles. The van der Waals surface area contributed by atoms with Gasteiger partial charge in [-0.05, 0) is 46.9 Å². The number of hydrogen-bond acceptors (Lipinski definition) is 4. The van der Waals surface area contributed by atoms with Crippen molar-refractivity contribution >= 4 is 57.0 Å². The van der Waals surface area contributed by atoms with Gasteiger partial charge < -0.3 is 4.42 Å². The normalized spacial score (nSPS) is 10.7. The summed E-state index contributed by atoms with van der Waals surface area (Å²) in [5.41, 5.74) is 0.260. The first kappa shape index (κ1) is 15.9. The Morgan fingerprint density at radius 3 is 2.70 bits per heavy atom. The van der Waals surface area contributed by atoms with Crippen molar-refractivity contribution in [3.63, 3.8) is 0 Å². The molecule has 0 unspecified atom stereocenters. The SMILES string of the molecule is CN(C(=O)c1ccccc1I)c1nc2cccc(Cl)c2c(=O)o1. The van der Waals surface area contributed by atoms with Gasteiger partial charge in [0.15, 0.2) is 0 Å². The zero-order chi connectivity index (χ0) is 16.6. The number of carbonyl (C=O) groups is 1. The maximum atomic E-state index is 12.6. The monoisotopic (exact) mass is 440 g/mol. The highest BCUT2D eigenvalue weighted by Crippen LogP contribution is 2.22. The Morgan fingerprint density at radius 2 is 1.96 bits per heavy atom. The molecule has 7 heteroatoms. The molecule has 0 spiro atoms. The van der Waals surface area contributed by atoms with Gasteiger partial charge in [0.1, 0.15) is 5.39 Å². The average molecular weight is 441 g/mol. The Bertz CT molecular complexity index is 971. The summed E-state index contributed by atoms with van der Waals surface area (Å²) < 4.78 is 5.97. The molecule has 0 aliphatic rings. The van der Waals surface area contributed by atoms with Gasteiger partial charge in [0.2, 0.25) is 0 Å². The van der Waals surface area contributed by atoms with E-state index in [4.69, 9.17) is 16.0 Å². The van der Waals surface area contributed by atoms with Crippen molar-refractivity contribution in [2.24, 2.45) is 0 Å². The topological polar surface area (TPSA) is 63.4 Å². The molecule has 3 rings (SSSR count). The molecule has 0 aliphatic heterocycles. The Balaban J connectivity index is 2.08. The van der Waals surface area contributed by atoms with E-state index in [2.05, 4.69) is 27.6 Å². The van der Waals surface area contributed by atoms with Crippen molar-refractivity contribution in [1.29, 1.82) is 0 Å². The van der Waals surface area contributed by atoms with E-state index < -0.39 is 5.63 Å². The van der Waals surface area contributed by atoms with E-state index in [0.717, 1.165) is 3.57 Å². The zero-order valence-electron chi connectivity index (χ0n) is 11.9. The molecule has 5 nitrogen and oxygen atoms in total. The van der Waals surface area contributed by atoms with Crippen LogP contribution < -0.4 is 10.5 Å². The minimum atomic E-state index is -0.627. The van der Waals surface area contributed by atoms with Crippen LogP contribution in [-0.4, -0.2) is 17.9 Å². The Hall–Kier alpha value is -1.93. The van der Waals surface area contributed by atoms with Crippen molar-refractivity contribution in [2.75, 3.05) is 11.9 Å². The summed E-state index contributed by atoms with van der Waals surface area (Å²) in [6.07, 6.45) is 0. The van der Waals surface area contributed by atoms with Gasteiger partial charge in [-0.2, -0.15) is 4.98 Å². The molecule has 3 aromatic rings. The predicted molar refractivity (Wildman–Crippen MR) is 97.2 cm³/mol. The van der Waals surface area contributed by atoms with Gasteiger partial charge in [-0.3, -0.25) is 9.69 Å². The first-order chi connectivity index (χ1) is 11.0. The van der Waals surface area contributed by atoms with Gasteiger partial charge in [-0.25, -0.2) is 4.79 Å². The Labute approximate surface area is 150 Å². The van der Waals surface area contributed by atoms with Crippen LogP contribution >= 0.6 is 34.2 Å². The Kier molecular flexibility index (Phi) is 4.36. The number of rotatable bonds is 2. The zero-order valence-corrected chi connectivity index (χ0v) is 14.8. The molecule has 2 aromatic carbocycles. The third kappa shape index (κ3) is 2.96. The molecule has 1 heterocycles. The number of aromatic nitrogens is 1. The van der Waals surface area contributed by atoms with Crippen LogP contribution in [0.15, 0.2) is 51.7 Å². The second-order valence-electron chi connectivity index (χ2n) is 4.76. The highest BCUT2D eigenvalue weighted by Gasteiger charge is 2.20. The van der Waals surface area contributed by atoms with E-state index in [9.17, 15) is 9.59 Å². The lowest BCUT2D eigenvalue weighted by Gasteiger charge is -2.15. The maximum absolute atomic E-state index is 12.6. The van der Waals surface area contributed by atoms with E-state index >= 15 is 0 Å². The molecule has 0 aliphatic carbocycles. The number of nitrogens with zero attached hydrogens (tertiary/aromatic N) is 2. The number of hydrogen-bond donors (Lipinski definition) is 0. The van der Waals surface area contributed by atoms with Crippen molar-refractivity contribution in [2.45, 2.75) is 0 Å². The van der Waals surface area contributed by atoms with Crippen LogP contribution in [0.5, 0.6) is 0 Å². The molecule has 0 atom stereocenters. The van der Waals surface area contributed by atoms with Gasteiger partial charge in [0, 0.05) is 10.6 Å². The quantitative estimate of drug-likeness (QED) is 0.570. The van der Waals surface area contributed by atoms with Crippen molar-refractivity contribution < 1.29 is 9.21 Å². The molecule has 23 heavy (non-hydrogen) atoms. The number of carbonyl (C=O) groups excluding carboxylic acids is 1. The van der Waals surface area contributed by atoms with E-state index in [1.807, 2.05) is 12.1 Å². The molecule has 116 valence electrons. The minimum Gasteiger partial charge on any atom is -0.388 e. The average Bonchev–Trinajstić information content (AvgIpc) is 2.53. The highest BCUT2D eigenvalue weighted by atomic mass is 127. The summed E-state index contributed by atoms with van der Waals surface area (Å²) in [6, 6.07) is 12.0. The highest BCUT2D eigenvalue weighted by molar-refractivity contribution is 14.1. The summed E-state index contributed by atoms with van der Waals surface area (Å²) in [7, 11) is 1.51. The van der Waals surface area contributed by atoms with Gasteiger partial charge in [-0.1, -0.05) is 29.8 Å². The standard InChI is InChI=1S/C16H10ClIN2O3/c1-20(14(21)9-5-2-3-7-11(9)18)16-19-12-8-4-6-10(17)13(12)15(22)23-16/h2-8H,1H3. The number of anilines is 1. The summed E-state index contributed by atoms with van der Waals surface area (Å²) in [5.74, 6) is -0.313. The first-order valence-corrected chi connectivity index (χ1v) is 8.06. The van der Waals surface area contributed by atoms with Crippen molar-refractivity contribution in [3.8, 4) is 0 Å². The number of amides is 1. The van der Waals surface area contributed by atoms with Crippen LogP contribution in [0.3, 0.4) is 0 Å². The van der Waals surface area contributed by atoms with Gasteiger partial charge in [0.05, 0.1) is 16.1 Å². The van der Waals surface area contributed by atoms with E-state index in [1.54, 1.807) is 30.3 Å². The smallest absolute Gasteiger partial charge is 0.349 e. The maximum Gasteiger partial charge on any atom is 0.349 e. The van der Waals surface area contributed by atoms with Crippen LogP contribution in [-0.2, 0) is 0 Å². The van der Waals surface area contributed by atoms with Crippen LogP contribution in [0.4, 0.5) is 6.01 Å². The third-order valence-electron chi connectivity index (χ3n) is 3.29. The van der Waals surface area contributed by atoms with E-state index in [-0.39, 0.29) is 22.3 Å². The fourth-order valence-electron chi connectivity index (χ4n) is 2.11. The number of fused-ring (bicyclic) bond motifs is 1. The minimum absolute atomic E-state index is 0.0746. The lowest BCUT2D eigenvalue weighted by molar-refractivity contribution is 0.0986. The fourth-order valence-corrected chi connectivity index (χ4v) is 2.98. The predicted octanol–water partition coefficient (Wildman–Crippen LogP) is 3.72. The summed E-state index contributed by atoms with van der Waals surface area (Å²) in [5, 5.41) is 0.468. The fraction of sp³-hybridized carbons (Fsp3) is 0.0625. The largest absolute Gasteiger partial charge is 0.388 e. The van der Waals surface area contributed by atoms with Gasteiger partial charge >= 0.3 is 11.6 Å². The van der Waals surface area contributed by atoms with Gasteiger partial charge in [0.25, 0.3) is 5.91 Å². The summed E-state index contributed by atoms with van der Waals surface area (Å²) in [4.78, 5) is 30.1. The first-order valence-electron chi connectivity index (χ1n) is 6.61.